The second-order valence-electron chi connectivity index (χ2n) is 6.52. The lowest BCUT2D eigenvalue weighted by atomic mass is 10.2. The van der Waals surface area contributed by atoms with E-state index in [1.807, 2.05) is 0 Å². The Morgan fingerprint density at radius 3 is 2.77 bits per heavy atom. The van der Waals surface area contributed by atoms with Crippen molar-refractivity contribution in [3.05, 3.63) is 45.9 Å². The molecular formula is C19H21N5O5S. The Morgan fingerprint density at radius 2 is 2.03 bits per heavy atom. The van der Waals surface area contributed by atoms with Crippen LogP contribution in [0.1, 0.15) is 16.1 Å². The summed E-state index contributed by atoms with van der Waals surface area (Å²) < 4.78 is 17.4. The lowest BCUT2D eigenvalue weighted by Crippen LogP contribution is -2.36. The Kier molecular flexibility index (Phi) is 5.81. The number of methoxy groups -OCH3 is 2. The van der Waals surface area contributed by atoms with Gasteiger partial charge in [-0.15, -0.1) is 5.10 Å². The van der Waals surface area contributed by atoms with Gasteiger partial charge in [-0.3, -0.25) is 9.59 Å². The summed E-state index contributed by atoms with van der Waals surface area (Å²) in [5.74, 6) is 0.835. The first-order valence-corrected chi connectivity index (χ1v) is 10.1. The summed E-state index contributed by atoms with van der Waals surface area (Å²) in [6.45, 7) is 2.80. The van der Waals surface area contributed by atoms with Crippen LogP contribution in [0.5, 0.6) is 11.5 Å². The van der Waals surface area contributed by atoms with Crippen LogP contribution in [-0.2, 0) is 11.3 Å². The van der Waals surface area contributed by atoms with Crippen LogP contribution < -0.4 is 25.2 Å². The van der Waals surface area contributed by atoms with E-state index in [-0.39, 0.29) is 12.2 Å². The van der Waals surface area contributed by atoms with Crippen LogP contribution in [0.4, 0.5) is 5.13 Å². The van der Waals surface area contributed by atoms with Crippen molar-refractivity contribution < 1.29 is 19.0 Å². The van der Waals surface area contributed by atoms with Gasteiger partial charge in [0.15, 0.2) is 0 Å². The largest absolute Gasteiger partial charge is 0.497 e. The summed E-state index contributed by atoms with van der Waals surface area (Å²) in [6, 6.07) is 6.52. The molecule has 1 amide bonds. The number of benzene rings is 1. The maximum absolute atomic E-state index is 12.9. The summed E-state index contributed by atoms with van der Waals surface area (Å²) in [5.41, 5.74) is 0.383. The maximum atomic E-state index is 12.9. The van der Waals surface area contributed by atoms with Gasteiger partial charge in [0, 0.05) is 31.3 Å². The van der Waals surface area contributed by atoms with Crippen molar-refractivity contribution >= 4 is 27.3 Å². The maximum Gasteiger partial charge on any atom is 0.274 e. The summed E-state index contributed by atoms with van der Waals surface area (Å²) in [5, 5.41) is 8.03. The molecule has 3 heterocycles. The molecule has 0 unspecified atom stereocenters. The molecule has 1 aliphatic heterocycles. The molecule has 30 heavy (non-hydrogen) atoms. The number of hydrogen-bond acceptors (Lipinski definition) is 9. The molecule has 0 saturated carbocycles. The van der Waals surface area contributed by atoms with E-state index in [0.29, 0.717) is 47.9 Å². The van der Waals surface area contributed by atoms with Crippen molar-refractivity contribution in [2.45, 2.75) is 6.54 Å². The minimum atomic E-state index is -0.490. The fourth-order valence-electron chi connectivity index (χ4n) is 3.14. The van der Waals surface area contributed by atoms with Gasteiger partial charge in [0.05, 0.1) is 27.4 Å². The molecule has 0 atom stereocenters. The number of amides is 1. The third kappa shape index (κ3) is 4.07. The molecule has 4 rings (SSSR count). The Morgan fingerprint density at radius 1 is 1.23 bits per heavy atom. The number of rotatable bonds is 6. The third-order valence-electron chi connectivity index (χ3n) is 4.68. The summed E-state index contributed by atoms with van der Waals surface area (Å²) >= 11 is 1.27. The van der Waals surface area contributed by atoms with E-state index < -0.39 is 11.5 Å². The van der Waals surface area contributed by atoms with Gasteiger partial charge in [-0.25, -0.2) is 0 Å². The Hall–Kier alpha value is -3.18. The molecule has 1 fully saturated rings. The zero-order valence-electron chi connectivity index (χ0n) is 16.6. The monoisotopic (exact) mass is 431 g/mol. The molecule has 0 bridgehead atoms. The molecule has 2 aromatic heterocycles. The number of nitrogens with zero attached hydrogens (tertiary/aromatic N) is 4. The molecule has 158 valence electrons. The van der Waals surface area contributed by atoms with Crippen molar-refractivity contribution in [2.24, 2.45) is 0 Å². The van der Waals surface area contributed by atoms with Crippen molar-refractivity contribution in [3.8, 4) is 11.5 Å². The van der Waals surface area contributed by atoms with E-state index in [1.165, 1.54) is 21.9 Å². The Bertz CT molecular complexity index is 1120. The van der Waals surface area contributed by atoms with Crippen LogP contribution in [0, 0.1) is 0 Å². The van der Waals surface area contributed by atoms with E-state index in [1.54, 1.807) is 32.4 Å². The first-order valence-electron chi connectivity index (χ1n) is 9.32. The topological polar surface area (TPSA) is 107 Å². The average molecular weight is 431 g/mol. The van der Waals surface area contributed by atoms with Gasteiger partial charge in [0.25, 0.3) is 11.5 Å². The van der Waals surface area contributed by atoms with Gasteiger partial charge in [-0.05, 0) is 18.2 Å². The van der Waals surface area contributed by atoms with E-state index in [2.05, 4.69) is 20.3 Å². The van der Waals surface area contributed by atoms with Gasteiger partial charge in [0.2, 0.25) is 10.1 Å². The molecule has 0 aliphatic carbocycles. The molecule has 1 aromatic carbocycles. The lowest BCUT2D eigenvalue weighted by molar-refractivity contribution is 0.0942. The first-order chi connectivity index (χ1) is 14.6. The van der Waals surface area contributed by atoms with E-state index in [0.717, 1.165) is 5.56 Å². The Labute approximate surface area is 176 Å². The highest BCUT2D eigenvalue weighted by molar-refractivity contribution is 7.20. The number of fused-ring (bicyclic) bond motifs is 1. The second-order valence-corrected chi connectivity index (χ2v) is 7.45. The third-order valence-corrected chi connectivity index (χ3v) is 5.65. The fraction of sp³-hybridized carbons (Fsp3) is 0.368. The predicted molar refractivity (Wildman–Crippen MR) is 111 cm³/mol. The highest BCUT2D eigenvalue weighted by atomic mass is 32.1. The predicted octanol–water partition coefficient (Wildman–Crippen LogP) is 0.935. The van der Waals surface area contributed by atoms with E-state index in [4.69, 9.17) is 14.2 Å². The standard InChI is InChI=1S/C19H21N5O5S/c1-27-13-3-4-15(28-2)12(9-13)11-20-17(26)14-10-16(25)21-18-24(14)22-19(30-18)23-5-7-29-8-6-23/h3-4,9-10H,5-8,11H2,1-2H3,(H,20,26). The van der Waals surface area contributed by atoms with Crippen LogP contribution >= 0.6 is 11.3 Å². The smallest absolute Gasteiger partial charge is 0.274 e. The number of anilines is 1. The number of carbonyl (C=O) groups excluding carboxylic acids is 1. The van der Waals surface area contributed by atoms with Gasteiger partial charge >= 0.3 is 0 Å². The van der Waals surface area contributed by atoms with Crippen LogP contribution in [0.3, 0.4) is 0 Å². The summed E-state index contributed by atoms with van der Waals surface area (Å²) in [4.78, 5) is 31.4. The van der Waals surface area contributed by atoms with Gasteiger partial charge in [-0.2, -0.15) is 9.50 Å². The number of nitrogens with one attached hydrogen (secondary N) is 1. The van der Waals surface area contributed by atoms with Crippen molar-refractivity contribution in [1.82, 2.24) is 19.9 Å². The highest BCUT2D eigenvalue weighted by Crippen LogP contribution is 2.25. The second kappa shape index (κ2) is 8.67. The van der Waals surface area contributed by atoms with Crippen LogP contribution in [0.2, 0.25) is 0 Å². The zero-order valence-corrected chi connectivity index (χ0v) is 17.4. The first kappa shape index (κ1) is 20.1. The summed E-state index contributed by atoms with van der Waals surface area (Å²) in [6.07, 6.45) is 0. The lowest BCUT2D eigenvalue weighted by Gasteiger charge is -2.25. The van der Waals surface area contributed by atoms with Crippen molar-refractivity contribution in [2.75, 3.05) is 45.4 Å². The number of ether oxygens (including phenoxy) is 3. The zero-order chi connectivity index (χ0) is 21.1. The molecule has 11 heteroatoms. The highest BCUT2D eigenvalue weighted by Gasteiger charge is 2.20. The van der Waals surface area contributed by atoms with Gasteiger partial charge < -0.3 is 24.4 Å². The molecule has 1 saturated heterocycles. The minimum absolute atomic E-state index is 0.127. The van der Waals surface area contributed by atoms with E-state index >= 15 is 0 Å². The molecule has 1 aliphatic rings. The fourth-order valence-corrected chi connectivity index (χ4v) is 4.09. The molecule has 0 radical (unpaired) electrons. The quantitative estimate of drug-likeness (QED) is 0.614. The SMILES string of the molecule is COc1ccc(OC)c(CNC(=O)c2cc(=O)nc3sc(N4CCOCC4)nn23)c1. The summed E-state index contributed by atoms with van der Waals surface area (Å²) in [7, 11) is 3.13. The minimum Gasteiger partial charge on any atom is -0.497 e. The molecule has 0 spiro atoms. The molecule has 3 aromatic rings. The van der Waals surface area contributed by atoms with E-state index in [9.17, 15) is 9.59 Å². The average Bonchev–Trinajstić information content (AvgIpc) is 3.21. The molecule has 1 N–H and O–H groups in total. The molecular weight excluding hydrogens is 410 g/mol. The normalized spacial score (nSPS) is 14.0. The van der Waals surface area contributed by atoms with Crippen LogP contribution in [0.15, 0.2) is 29.1 Å². The van der Waals surface area contributed by atoms with Crippen molar-refractivity contribution in [1.29, 1.82) is 0 Å². The Balaban J connectivity index is 1.60. The molecule has 10 nitrogen and oxygen atoms in total. The van der Waals surface area contributed by atoms with Gasteiger partial charge in [0.1, 0.15) is 17.2 Å². The van der Waals surface area contributed by atoms with Gasteiger partial charge in [-0.1, -0.05) is 11.3 Å². The number of carbonyl (C=O) groups is 1. The van der Waals surface area contributed by atoms with Crippen LogP contribution in [-0.4, -0.2) is 61.0 Å². The van der Waals surface area contributed by atoms with Crippen molar-refractivity contribution in [3.63, 3.8) is 0 Å². The number of aromatic nitrogens is 3. The van der Waals surface area contributed by atoms with Crippen LogP contribution in [0.25, 0.3) is 4.96 Å². The number of hydrogen-bond donors (Lipinski definition) is 1. The number of morpholine rings is 1.